The smallest absolute Gasteiger partial charge is 0.339 e. The number of sulfonamides is 1. The first-order chi connectivity index (χ1) is 8.44. The van der Waals surface area contributed by atoms with Crippen LogP contribution in [-0.4, -0.2) is 32.6 Å². The Morgan fingerprint density at radius 1 is 1.44 bits per heavy atom. The van der Waals surface area contributed by atoms with Crippen LogP contribution in [0, 0.1) is 0 Å². The van der Waals surface area contributed by atoms with Gasteiger partial charge >= 0.3 is 5.97 Å². The van der Waals surface area contributed by atoms with Gasteiger partial charge in [-0.2, -0.15) is 0 Å². The summed E-state index contributed by atoms with van der Waals surface area (Å²) >= 11 is 0. The number of hydrogen-bond acceptors (Lipinski definition) is 4. The summed E-state index contributed by atoms with van der Waals surface area (Å²) in [6, 6.07) is 3.75. The van der Waals surface area contributed by atoms with E-state index in [2.05, 4.69) is 4.72 Å². The predicted molar refractivity (Wildman–Crippen MR) is 63.3 cm³/mol. The van der Waals surface area contributed by atoms with Gasteiger partial charge in [-0.05, 0) is 31.0 Å². The summed E-state index contributed by atoms with van der Waals surface area (Å²) in [5.74, 6) is -1.09. The minimum atomic E-state index is -3.65. The molecular formula is C11H13NO5S. The van der Waals surface area contributed by atoms with Crippen molar-refractivity contribution < 1.29 is 23.1 Å². The van der Waals surface area contributed by atoms with Crippen LogP contribution in [0.5, 0.6) is 5.75 Å². The molecule has 0 aliphatic heterocycles. The monoisotopic (exact) mass is 271 g/mol. The molecule has 0 amide bonds. The highest BCUT2D eigenvalue weighted by molar-refractivity contribution is 7.89. The second-order valence-corrected chi connectivity index (χ2v) is 5.78. The average Bonchev–Trinajstić information content (AvgIpc) is 3.11. The molecular weight excluding hydrogens is 258 g/mol. The molecule has 2 rings (SSSR count). The number of rotatable bonds is 5. The largest absolute Gasteiger partial charge is 0.496 e. The van der Waals surface area contributed by atoms with E-state index in [0.717, 1.165) is 18.9 Å². The van der Waals surface area contributed by atoms with Crippen molar-refractivity contribution in [3.05, 3.63) is 23.8 Å². The lowest BCUT2D eigenvalue weighted by atomic mass is 10.2. The van der Waals surface area contributed by atoms with E-state index in [1.165, 1.54) is 19.2 Å². The first-order valence-corrected chi connectivity index (χ1v) is 6.86. The van der Waals surface area contributed by atoms with Crippen molar-refractivity contribution in [1.29, 1.82) is 0 Å². The molecule has 6 nitrogen and oxygen atoms in total. The van der Waals surface area contributed by atoms with E-state index < -0.39 is 16.0 Å². The van der Waals surface area contributed by atoms with Gasteiger partial charge in [0.2, 0.25) is 10.0 Å². The van der Waals surface area contributed by atoms with Crippen LogP contribution in [-0.2, 0) is 10.0 Å². The van der Waals surface area contributed by atoms with Crippen LogP contribution in [0.3, 0.4) is 0 Å². The Morgan fingerprint density at radius 3 is 2.61 bits per heavy atom. The highest BCUT2D eigenvalue weighted by Gasteiger charge is 2.28. The fraction of sp³-hybridized carbons (Fsp3) is 0.364. The van der Waals surface area contributed by atoms with E-state index in [4.69, 9.17) is 9.84 Å². The summed E-state index contributed by atoms with van der Waals surface area (Å²) in [7, 11) is -2.32. The topological polar surface area (TPSA) is 92.7 Å². The Kier molecular flexibility index (Phi) is 3.27. The molecule has 1 aliphatic carbocycles. The molecule has 1 aliphatic rings. The van der Waals surface area contributed by atoms with Crippen LogP contribution >= 0.6 is 0 Å². The van der Waals surface area contributed by atoms with E-state index in [1.54, 1.807) is 0 Å². The van der Waals surface area contributed by atoms with Crippen LogP contribution in [0.25, 0.3) is 0 Å². The molecule has 0 atom stereocenters. The van der Waals surface area contributed by atoms with Crippen LogP contribution in [0.4, 0.5) is 0 Å². The van der Waals surface area contributed by atoms with Gasteiger partial charge in [0.05, 0.1) is 12.0 Å². The van der Waals surface area contributed by atoms with Gasteiger partial charge in [0.1, 0.15) is 11.3 Å². The van der Waals surface area contributed by atoms with E-state index >= 15 is 0 Å². The Labute approximate surface area is 105 Å². The number of carboxylic acid groups (broad SMARTS) is 1. The lowest BCUT2D eigenvalue weighted by Gasteiger charge is -2.09. The number of benzene rings is 1. The molecule has 0 bridgehead atoms. The maximum Gasteiger partial charge on any atom is 0.339 e. The number of nitrogens with one attached hydrogen (secondary N) is 1. The Bertz CT molecular complexity index is 577. The van der Waals surface area contributed by atoms with Gasteiger partial charge in [-0.15, -0.1) is 0 Å². The van der Waals surface area contributed by atoms with Gasteiger partial charge in [0, 0.05) is 6.04 Å². The van der Waals surface area contributed by atoms with Crippen LogP contribution in [0.1, 0.15) is 23.2 Å². The zero-order valence-corrected chi connectivity index (χ0v) is 10.5. The van der Waals surface area contributed by atoms with Crippen LogP contribution in [0.2, 0.25) is 0 Å². The summed E-state index contributed by atoms with van der Waals surface area (Å²) < 4.78 is 31.2. The lowest BCUT2D eigenvalue weighted by molar-refractivity contribution is 0.0693. The molecule has 18 heavy (non-hydrogen) atoms. The maximum atomic E-state index is 11.9. The van der Waals surface area contributed by atoms with Gasteiger partial charge in [0.15, 0.2) is 0 Å². The molecule has 0 unspecified atom stereocenters. The van der Waals surface area contributed by atoms with Crippen molar-refractivity contribution in [2.75, 3.05) is 7.11 Å². The fourth-order valence-corrected chi connectivity index (χ4v) is 2.84. The molecule has 98 valence electrons. The number of hydrogen-bond donors (Lipinski definition) is 2. The third-order valence-corrected chi connectivity index (χ3v) is 4.13. The third-order valence-electron chi connectivity index (χ3n) is 2.61. The molecule has 2 N–H and O–H groups in total. The van der Waals surface area contributed by atoms with Gasteiger partial charge in [0.25, 0.3) is 0 Å². The molecule has 1 saturated carbocycles. The quantitative estimate of drug-likeness (QED) is 0.827. The zero-order chi connectivity index (χ0) is 13.3. The minimum absolute atomic E-state index is 0.0228. The highest BCUT2D eigenvalue weighted by atomic mass is 32.2. The molecule has 0 spiro atoms. The molecule has 7 heteroatoms. The first-order valence-electron chi connectivity index (χ1n) is 5.37. The SMILES string of the molecule is COc1ccc(S(=O)(=O)NC2CC2)cc1C(=O)O. The maximum absolute atomic E-state index is 11.9. The molecule has 0 saturated heterocycles. The van der Waals surface area contributed by atoms with Gasteiger partial charge in [-0.1, -0.05) is 0 Å². The number of aromatic carboxylic acids is 1. The van der Waals surface area contributed by atoms with E-state index in [9.17, 15) is 13.2 Å². The van der Waals surface area contributed by atoms with E-state index in [1.807, 2.05) is 0 Å². The predicted octanol–water partition coefficient (Wildman–Crippen LogP) is 0.834. The zero-order valence-electron chi connectivity index (χ0n) is 9.71. The Morgan fingerprint density at radius 2 is 2.11 bits per heavy atom. The summed E-state index contributed by atoms with van der Waals surface area (Å²) in [5.41, 5.74) is -0.170. The van der Waals surface area contributed by atoms with E-state index in [-0.39, 0.29) is 22.3 Å². The third kappa shape index (κ3) is 2.62. The van der Waals surface area contributed by atoms with Crippen molar-refractivity contribution in [1.82, 2.24) is 4.72 Å². The van der Waals surface area contributed by atoms with Crippen molar-refractivity contribution >= 4 is 16.0 Å². The minimum Gasteiger partial charge on any atom is -0.496 e. The number of methoxy groups -OCH3 is 1. The first kappa shape index (κ1) is 12.8. The normalized spacial score (nSPS) is 15.4. The lowest BCUT2D eigenvalue weighted by Crippen LogP contribution is -2.25. The van der Waals surface area contributed by atoms with Crippen LogP contribution < -0.4 is 9.46 Å². The fourth-order valence-electron chi connectivity index (χ4n) is 1.51. The van der Waals surface area contributed by atoms with Gasteiger partial charge in [-0.3, -0.25) is 0 Å². The second-order valence-electron chi connectivity index (χ2n) is 4.06. The van der Waals surface area contributed by atoms with Crippen molar-refractivity contribution in [2.45, 2.75) is 23.8 Å². The van der Waals surface area contributed by atoms with E-state index in [0.29, 0.717) is 0 Å². The molecule has 1 aromatic rings. The second kappa shape index (κ2) is 4.58. The number of carboxylic acids is 1. The molecule has 1 fully saturated rings. The summed E-state index contributed by atoms with van der Waals surface area (Å²) in [6.07, 6.45) is 1.64. The number of ether oxygens (including phenoxy) is 1. The van der Waals surface area contributed by atoms with Gasteiger partial charge in [-0.25, -0.2) is 17.9 Å². The molecule has 0 radical (unpaired) electrons. The molecule has 1 aromatic carbocycles. The van der Waals surface area contributed by atoms with Crippen molar-refractivity contribution in [2.24, 2.45) is 0 Å². The highest BCUT2D eigenvalue weighted by Crippen LogP contribution is 2.25. The summed E-state index contributed by atoms with van der Waals surface area (Å²) in [6.45, 7) is 0. The van der Waals surface area contributed by atoms with Crippen molar-refractivity contribution in [3.63, 3.8) is 0 Å². The van der Waals surface area contributed by atoms with Gasteiger partial charge < -0.3 is 9.84 Å². The molecule has 0 aromatic heterocycles. The summed E-state index contributed by atoms with van der Waals surface area (Å²) in [5, 5.41) is 8.99. The van der Waals surface area contributed by atoms with Crippen LogP contribution in [0.15, 0.2) is 23.1 Å². The standard InChI is InChI=1S/C11H13NO5S/c1-17-10-5-4-8(6-9(10)11(13)14)18(15,16)12-7-2-3-7/h4-7,12H,2-3H2,1H3,(H,13,14). The number of carbonyl (C=O) groups is 1. The Balaban J connectivity index is 2.39. The molecule has 0 heterocycles. The summed E-state index contributed by atoms with van der Waals surface area (Å²) in [4.78, 5) is 10.9. The van der Waals surface area contributed by atoms with Crippen molar-refractivity contribution in [3.8, 4) is 5.75 Å². The average molecular weight is 271 g/mol. The Hall–Kier alpha value is -1.60.